The SMILES string of the molecule is CC(C)Oc1ccc(C(N)CSCCN(C)C)cc1. The first-order chi connectivity index (χ1) is 8.99. The fraction of sp³-hybridized carbons (Fsp3) is 0.600. The van der Waals surface area contributed by atoms with Crippen LogP contribution in [0.2, 0.25) is 0 Å². The molecule has 0 aliphatic rings. The first-order valence-electron chi connectivity index (χ1n) is 6.73. The molecule has 0 aliphatic carbocycles. The summed E-state index contributed by atoms with van der Waals surface area (Å²) < 4.78 is 5.62. The average Bonchev–Trinajstić information content (AvgIpc) is 2.34. The molecule has 1 rings (SSSR count). The molecule has 0 aliphatic heterocycles. The van der Waals surface area contributed by atoms with E-state index >= 15 is 0 Å². The molecule has 1 unspecified atom stereocenters. The van der Waals surface area contributed by atoms with Gasteiger partial charge in [-0.3, -0.25) is 0 Å². The number of rotatable bonds is 8. The fourth-order valence-electron chi connectivity index (χ4n) is 1.62. The molecule has 0 radical (unpaired) electrons. The molecule has 0 fully saturated rings. The summed E-state index contributed by atoms with van der Waals surface area (Å²) in [5.41, 5.74) is 7.36. The van der Waals surface area contributed by atoms with E-state index in [1.54, 1.807) is 0 Å². The van der Waals surface area contributed by atoms with Gasteiger partial charge in [0.05, 0.1) is 6.10 Å². The zero-order valence-corrected chi connectivity index (χ0v) is 13.2. The van der Waals surface area contributed by atoms with Gasteiger partial charge in [0.15, 0.2) is 0 Å². The largest absolute Gasteiger partial charge is 0.491 e. The van der Waals surface area contributed by atoms with Gasteiger partial charge in [-0.05, 0) is 45.6 Å². The van der Waals surface area contributed by atoms with Crippen LogP contribution in [0.5, 0.6) is 5.75 Å². The topological polar surface area (TPSA) is 38.5 Å². The lowest BCUT2D eigenvalue weighted by Crippen LogP contribution is -2.17. The monoisotopic (exact) mass is 282 g/mol. The van der Waals surface area contributed by atoms with E-state index < -0.39 is 0 Å². The van der Waals surface area contributed by atoms with Crippen LogP contribution in [-0.2, 0) is 0 Å². The van der Waals surface area contributed by atoms with Crippen molar-refractivity contribution in [2.24, 2.45) is 5.73 Å². The predicted molar refractivity (Wildman–Crippen MR) is 85.0 cm³/mol. The van der Waals surface area contributed by atoms with E-state index in [0.717, 1.165) is 23.8 Å². The molecular formula is C15H26N2OS. The second-order valence-corrected chi connectivity index (χ2v) is 6.37. The van der Waals surface area contributed by atoms with E-state index in [1.807, 2.05) is 37.7 Å². The molecule has 2 N–H and O–H groups in total. The Bertz CT molecular complexity index is 352. The van der Waals surface area contributed by atoms with Crippen LogP contribution in [0.3, 0.4) is 0 Å². The predicted octanol–water partition coefficient (Wildman–Crippen LogP) is 2.77. The minimum Gasteiger partial charge on any atom is -0.491 e. The number of hydrogen-bond acceptors (Lipinski definition) is 4. The molecule has 3 nitrogen and oxygen atoms in total. The van der Waals surface area contributed by atoms with Crippen LogP contribution >= 0.6 is 11.8 Å². The lowest BCUT2D eigenvalue weighted by atomic mass is 10.1. The Hall–Kier alpha value is -0.710. The van der Waals surface area contributed by atoms with Crippen LogP contribution < -0.4 is 10.5 Å². The lowest BCUT2D eigenvalue weighted by Gasteiger charge is -2.15. The zero-order chi connectivity index (χ0) is 14.3. The number of thioether (sulfide) groups is 1. The summed E-state index contributed by atoms with van der Waals surface area (Å²) >= 11 is 1.90. The molecule has 4 heteroatoms. The molecule has 0 heterocycles. The first-order valence-corrected chi connectivity index (χ1v) is 7.89. The van der Waals surface area contributed by atoms with Crippen molar-refractivity contribution in [1.82, 2.24) is 4.90 Å². The Labute approximate surface area is 121 Å². The number of hydrogen-bond donors (Lipinski definition) is 1. The molecule has 1 atom stereocenters. The molecule has 0 saturated heterocycles. The third-order valence-electron chi connectivity index (χ3n) is 2.66. The molecule has 0 bridgehead atoms. The van der Waals surface area contributed by atoms with Gasteiger partial charge in [-0.15, -0.1) is 0 Å². The summed E-state index contributed by atoms with van der Waals surface area (Å²) in [5.74, 6) is 2.99. The van der Waals surface area contributed by atoms with Crippen LogP contribution in [0.15, 0.2) is 24.3 Å². The van der Waals surface area contributed by atoms with E-state index in [1.165, 1.54) is 5.56 Å². The first kappa shape index (κ1) is 16.3. The summed E-state index contributed by atoms with van der Waals surface area (Å²) in [6, 6.07) is 8.23. The molecule has 1 aromatic carbocycles. The van der Waals surface area contributed by atoms with Gasteiger partial charge in [0, 0.05) is 24.1 Å². The summed E-state index contributed by atoms with van der Waals surface area (Å²) in [4.78, 5) is 2.19. The van der Waals surface area contributed by atoms with Gasteiger partial charge in [-0.1, -0.05) is 12.1 Å². The summed E-state index contributed by atoms with van der Waals surface area (Å²) in [6.07, 6.45) is 0.209. The van der Waals surface area contributed by atoms with Crippen molar-refractivity contribution < 1.29 is 4.74 Å². The van der Waals surface area contributed by atoms with Gasteiger partial charge < -0.3 is 15.4 Å². The van der Waals surface area contributed by atoms with Crippen molar-refractivity contribution in [2.45, 2.75) is 26.0 Å². The Kier molecular flexibility index (Phi) is 7.28. The summed E-state index contributed by atoms with van der Waals surface area (Å²) in [6.45, 7) is 5.15. The molecule has 0 spiro atoms. The van der Waals surface area contributed by atoms with Crippen LogP contribution in [0, 0.1) is 0 Å². The van der Waals surface area contributed by atoms with Gasteiger partial charge in [0.25, 0.3) is 0 Å². The highest BCUT2D eigenvalue weighted by Gasteiger charge is 2.06. The minimum absolute atomic E-state index is 0.0975. The Morgan fingerprint density at radius 1 is 1.21 bits per heavy atom. The highest BCUT2D eigenvalue weighted by atomic mass is 32.2. The average molecular weight is 282 g/mol. The molecule has 0 saturated carbocycles. The number of ether oxygens (including phenoxy) is 1. The number of nitrogens with zero attached hydrogens (tertiary/aromatic N) is 1. The highest BCUT2D eigenvalue weighted by Crippen LogP contribution is 2.20. The molecule has 0 aromatic heterocycles. The molecule has 108 valence electrons. The van der Waals surface area contributed by atoms with Gasteiger partial charge in [0.1, 0.15) is 5.75 Å². The summed E-state index contributed by atoms with van der Waals surface area (Å²) in [7, 11) is 4.18. The van der Waals surface area contributed by atoms with Crippen molar-refractivity contribution in [3.63, 3.8) is 0 Å². The van der Waals surface area contributed by atoms with Crippen molar-refractivity contribution in [1.29, 1.82) is 0 Å². The van der Waals surface area contributed by atoms with Gasteiger partial charge >= 0.3 is 0 Å². The lowest BCUT2D eigenvalue weighted by molar-refractivity contribution is 0.242. The van der Waals surface area contributed by atoms with Crippen LogP contribution in [0.1, 0.15) is 25.5 Å². The Morgan fingerprint density at radius 3 is 2.37 bits per heavy atom. The molecule has 0 amide bonds. The van der Waals surface area contributed by atoms with E-state index in [2.05, 4.69) is 31.1 Å². The van der Waals surface area contributed by atoms with E-state index in [9.17, 15) is 0 Å². The van der Waals surface area contributed by atoms with Crippen molar-refractivity contribution in [3.8, 4) is 5.75 Å². The number of nitrogens with two attached hydrogens (primary N) is 1. The van der Waals surface area contributed by atoms with Gasteiger partial charge in [-0.2, -0.15) is 11.8 Å². The molecular weight excluding hydrogens is 256 g/mol. The van der Waals surface area contributed by atoms with Crippen LogP contribution in [0.25, 0.3) is 0 Å². The van der Waals surface area contributed by atoms with Crippen LogP contribution in [0.4, 0.5) is 0 Å². The maximum Gasteiger partial charge on any atom is 0.119 e. The Balaban J connectivity index is 2.37. The van der Waals surface area contributed by atoms with Gasteiger partial charge in [-0.25, -0.2) is 0 Å². The third-order valence-corrected chi connectivity index (χ3v) is 3.73. The molecule has 19 heavy (non-hydrogen) atoms. The molecule has 1 aromatic rings. The van der Waals surface area contributed by atoms with Crippen molar-refractivity contribution in [2.75, 3.05) is 32.1 Å². The zero-order valence-electron chi connectivity index (χ0n) is 12.4. The minimum atomic E-state index is 0.0975. The maximum atomic E-state index is 6.19. The van der Waals surface area contributed by atoms with E-state index in [-0.39, 0.29) is 12.1 Å². The van der Waals surface area contributed by atoms with Crippen LogP contribution in [-0.4, -0.2) is 43.1 Å². The van der Waals surface area contributed by atoms with E-state index in [4.69, 9.17) is 10.5 Å². The maximum absolute atomic E-state index is 6.19. The smallest absolute Gasteiger partial charge is 0.119 e. The third kappa shape index (κ3) is 6.85. The van der Waals surface area contributed by atoms with Gasteiger partial charge in [0.2, 0.25) is 0 Å². The highest BCUT2D eigenvalue weighted by molar-refractivity contribution is 7.99. The normalized spacial score (nSPS) is 13.0. The quantitative estimate of drug-likeness (QED) is 0.744. The second-order valence-electron chi connectivity index (χ2n) is 5.22. The summed E-state index contributed by atoms with van der Waals surface area (Å²) in [5, 5.41) is 0. The Morgan fingerprint density at radius 2 is 1.84 bits per heavy atom. The van der Waals surface area contributed by atoms with Crippen molar-refractivity contribution >= 4 is 11.8 Å². The second kappa shape index (κ2) is 8.46. The van der Waals surface area contributed by atoms with E-state index in [0.29, 0.717) is 0 Å². The number of benzene rings is 1. The van der Waals surface area contributed by atoms with Crippen molar-refractivity contribution in [3.05, 3.63) is 29.8 Å². The fourth-order valence-corrected chi connectivity index (χ4v) is 2.73. The standard InChI is InChI=1S/C15H26N2OS/c1-12(2)18-14-7-5-13(6-8-14)15(16)11-19-10-9-17(3)4/h5-8,12,15H,9-11,16H2,1-4H3.